The van der Waals surface area contributed by atoms with Crippen LogP contribution in [0.2, 0.25) is 0 Å². The molecule has 3 aromatic rings. The number of halogens is 1. The normalized spacial score (nSPS) is 10.7. The quantitative estimate of drug-likeness (QED) is 0.531. The molecule has 1 amide bonds. The first-order valence-corrected chi connectivity index (χ1v) is 9.12. The molecule has 0 fully saturated rings. The number of benzene rings is 2. The topological polar surface area (TPSA) is 99.5 Å². The van der Waals surface area contributed by atoms with Crippen LogP contribution >= 0.6 is 27.7 Å². The Balaban J connectivity index is 2.00. The van der Waals surface area contributed by atoms with E-state index in [0.717, 1.165) is 9.79 Å². The van der Waals surface area contributed by atoms with Crippen molar-refractivity contribution in [1.82, 2.24) is 10.3 Å². The second-order valence-electron chi connectivity index (χ2n) is 5.30. The number of hydrogen-bond acceptors (Lipinski definition) is 5. The van der Waals surface area contributed by atoms with Crippen LogP contribution in [0.3, 0.4) is 0 Å². The smallest absolute Gasteiger partial charge is 0.322 e. The lowest BCUT2D eigenvalue weighted by Crippen LogP contribution is -2.30. The number of nitrogens with zero attached hydrogens (tertiary/aromatic N) is 1. The Labute approximate surface area is 161 Å². The van der Waals surface area contributed by atoms with E-state index in [2.05, 4.69) is 26.2 Å². The van der Waals surface area contributed by atoms with Crippen molar-refractivity contribution >= 4 is 50.3 Å². The van der Waals surface area contributed by atoms with E-state index in [9.17, 15) is 14.7 Å². The van der Waals surface area contributed by atoms with Gasteiger partial charge in [-0.05, 0) is 40.2 Å². The summed E-state index contributed by atoms with van der Waals surface area (Å²) in [4.78, 5) is 28.7. The maximum atomic E-state index is 12.1. The lowest BCUT2D eigenvalue weighted by molar-refractivity contribution is -0.135. The fourth-order valence-corrected chi connectivity index (χ4v) is 3.73. The Bertz CT molecular complexity index is 995. The van der Waals surface area contributed by atoms with E-state index in [-0.39, 0.29) is 11.4 Å². The predicted octanol–water partition coefficient (Wildman–Crippen LogP) is 3.67. The molecule has 0 unspecified atom stereocenters. The standard InChI is InChI=1S/C18H13BrN2O4S/c19-17-12-7-6-11(26-10-4-2-1-3-5-10)8-13(12)16(24)15(21-17)18(25)20-9-14(22)23/h1-8,24H,9H2,(H,20,25)(H,22,23). The number of carboxylic acids is 1. The Morgan fingerprint density at radius 1 is 1.08 bits per heavy atom. The van der Waals surface area contributed by atoms with E-state index in [4.69, 9.17) is 5.11 Å². The molecule has 0 spiro atoms. The molecule has 132 valence electrons. The number of nitrogens with one attached hydrogen (secondary N) is 1. The number of pyridine rings is 1. The van der Waals surface area contributed by atoms with Crippen molar-refractivity contribution in [3.8, 4) is 5.75 Å². The largest absolute Gasteiger partial charge is 0.505 e. The zero-order chi connectivity index (χ0) is 18.7. The summed E-state index contributed by atoms with van der Waals surface area (Å²) in [6, 6.07) is 15.2. The highest BCUT2D eigenvalue weighted by atomic mass is 79.9. The van der Waals surface area contributed by atoms with Crippen molar-refractivity contribution in [2.24, 2.45) is 0 Å². The van der Waals surface area contributed by atoms with Gasteiger partial charge in [-0.15, -0.1) is 0 Å². The van der Waals surface area contributed by atoms with Crippen molar-refractivity contribution in [3.05, 3.63) is 58.8 Å². The number of carboxylic acid groups (broad SMARTS) is 1. The third-order valence-electron chi connectivity index (χ3n) is 3.50. The molecule has 3 N–H and O–H groups in total. The van der Waals surface area contributed by atoms with Crippen LogP contribution in [-0.2, 0) is 4.79 Å². The number of carbonyl (C=O) groups is 2. The Hall–Kier alpha value is -2.58. The van der Waals surface area contributed by atoms with Gasteiger partial charge in [0.2, 0.25) is 0 Å². The molecule has 0 atom stereocenters. The van der Waals surface area contributed by atoms with E-state index in [1.807, 2.05) is 36.4 Å². The average Bonchev–Trinajstić information content (AvgIpc) is 2.63. The van der Waals surface area contributed by atoms with Crippen molar-refractivity contribution in [3.63, 3.8) is 0 Å². The number of hydrogen-bond donors (Lipinski definition) is 3. The minimum Gasteiger partial charge on any atom is -0.505 e. The second kappa shape index (κ2) is 7.76. The van der Waals surface area contributed by atoms with Crippen LogP contribution in [0.5, 0.6) is 5.75 Å². The van der Waals surface area contributed by atoms with Gasteiger partial charge in [0, 0.05) is 20.6 Å². The summed E-state index contributed by atoms with van der Waals surface area (Å²) in [5.74, 6) is -2.23. The molecule has 0 saturated heterocycles. The number of aromatic nitrogens is 1. The van der Waals surface area contributed by atoms with Crippen molar-refractivity contribution in [2.45, 2.75) is 9.79 Å². The molecular weight excluding hydrogens is 420 g/mol. The number of amides is 1. The fourth-order valence-electron chi connectivity index (χ4n) is 2.32. The number of fused-ring (bicyclic) bond motifs is 1. The van der Waals surface area contributed by atoms with Crippen LogP contribution in [0.25, 0.3) is 10.8 Å². The highest BCUT2D eigenvalue weighted by Crippen LogP contribution is 2.36. The predicted molar refractivity (Wildman–Crippen MR) is 102 cm³/mol. The van der Waals surface area contributed by atoms with Gasteiger partial charge in [0.15, 0.2) is 11.4 Å². The van der Waals surface area contributed by atoms with Gasteiger partial charge in [0.25, 0.3) is 5.91 Å². The van der Waals surface area contributed by atoms with Crippen molar-refractivity contribution in [1.29, 1.82) is 0 Å². The third kappa shape index (κ3) is 3.97. The molecule has 1 aromatic heterocycles. The first-order valence-electron chi connectivity index (χ1n) is 7.51. The molecule has 0 saturated carbocycles. The van der Waals surface area contributed by atoms with E-state index in [0.29, 0.717) is 15.4 Å². The highest BCUT2D eigenvalue weighted by molar-refractivity contribution is 9.10. The van der Waals surface area contributed by atoms with Crippen LogP contribution in [0.1, 0.15) is 10.5 Å². The number of rotatable bonds is 5. The number of aromatic hydroxyl groups is 1. The summed E-state index contributed by atoms with van der Waals surface area (Å²) >= 11 is 4.82. The summed E-state index contributed by atoms with van der Waals surface area (Å²) < 4.78 is 0.391. The van der Waals surface area contributed by atoms with Gasteiger partial charge in [-0.1, -0.05) is 36.0 Å². The van der Waals surface area contributed by atoms with E-state index >= 15 is 0 Å². The number of aliphatic carboxylic acids is 1. The summed E-state index contributed by atoms with van der Waals surface area (Å²) in [6.07, 6.45) is 0. The number of carbonyl (C=O) groups excluding carboxylic acids is 1. The Kier molecular flexibility index (Phi) is 5.43. The van der Waals surface area contributed by atoms with Crippen LogP contribution in [-0.4, -0.2) is 33.6 Å². The first-order chi connectivity index (χ1) is 12.5. The van der Waals surface area contributed by atoms with E-state index in [1.54, 1.807) is 12.1 Å². The zero-order valence-electron chi connectivity index (χ0n) is 13.3. The molecule has 2 aromatic carbocycles. The lowest BCUT2D eigenvalue weighted by Gasteiger charge is -2.10. The molecule has 26 heavy (non-hydrogen) atoms. The third-order valence-corrected chi connectivity index (χ3v) is 5.10. The van der Waals surface area contributed by atoms with Crippen molar-refractivity contribution in [2.75, 3.05) is 6.54 Å². The van der Waals surface area contributed by atoms with Gasteiger partial charge in [-0.2, -0.15) is 0 Å². The van der Waals surface area contributed by atoms with Crippen molar-refractivity contribution < 1.29 is 19.8 Å². The summed E-state index contributed by atoms with van der Waals surface area (Å²) in [5, 5.41) is 22.5. The maximum absolute atomic E-state index is 12.1. The summed E-state index contributed by atoms with van der Waals surface area (Å²) in [5.41, 5.74) is -0.229. The lowest BCUT2D eigenvalue weighted by atomic mass is 10.1. The zero-order valence-corrected chi connectivity index (χ0v) is 15.7. The van der Waals surface area contributed by atoms with Gasteiger partial charge in [-0.25, -0.2) is 4.98 Å². The first kappa shape index (κ1) is 18.2. The minimum absolute atomic E-state index is 0.229. The molecule has 0 aliphatic heterocycles. The monoisotopic (exact) mass is 432 g/mol. The molecule has 3 rings (SSSR count). The second-order valence-corrected chi connectivity index (χ2v) is 7.20. The van der Waals surface area contributed by atoms with Crippen LogP contribution in [0, 0.1) is 0 Å². The van der Waals surface area contributed by atoms with Gasteiger partial charge in [0.05, 0.1) is 0 Å². The van der Waals surface area contributed by atoms with Gasteiger partial charge >= 0.3 is 5.97 Å². The maximum Gasteiger partial charge on any atom is 0.322 e. The SMILES string of the molecule is O=C(O)CNC(=O)c1nc(Br)c2ccc(Sc3ccccc3)cc2c1O. The molecule has 0 aliphatic rings. The molecule has 8 heteroatoms. The van der Waals surface area contributed by atoms with Crippen LogP contribution in [0.4, 0.5) is 0 Å². The Morgan fingerprint density at radius 3 is 2.50 bits per heavy atom. The molecule has 0 radical (unpaired) electrons. The average molecular weight is 433 g/mol. The van der Waals surface area contributed by atoms with Crippen LogP contribution < -0.4 is 5.32 Å². The molecule has 1 heterocycles. The fraction of sp³-hybridized carbons (Fsp3) is 0.0556. The Morgan fingerprint density at radius 2 is 1.81 bits per heavy atom. The van der Waals surface area contributed by atoms with Gasteiger partial charge < -0.3 is 15.5 Å². The highest BCUT2D eigenvalue weighted by Gasteiger charge is 2.19. The minimum atomic E-state index is -1.18. The van der Waals surface area contributed by atoms with E-state index < -0.39 is 18.4 Å². The molecule has 0 aliphatic carbocycles. The molecular formula is C18H13BrN2O4S. The van der Waals surface area contributed by atoms with Crippen LogP contribution in [0.15, 0.2) is 62.9 Å². The summed E-state index contributed by atoms with van der Waals surface area (Å²) in [6.45, 7) is -0.556. The van der Waals surface area contributed by atoms with E-state index in [1.165, 1.54) is 11.8 Å². The van der Waals surface area contributed by atoms with Gasteiger partial charge in [0.1, 0.15) is 11.1 Å². The summed E-state index contributed by atoms with van der Waals surface area (Å²) in [7, 11) is 0. The molecule has 6 nitrogen and oxygen atoms in total. The van der Waals surface area contributed by atoms with Gasteiger partial charge in [-0.3, -0.25) is 9.59 Å². The molecule has 0 bridgehead atoms.